The maximum Gasteiger partial charge on any atom is 0.258 e. The van der Waals surface area contributed by atoms with Crippen molar-refractivity contribution >= 4 is 118 Å². The third-order valence-electron chi connectivity index (χ3n) is 15.9. The van der Waals surface area contributed by atoms with Crippen molar-refractivity contribution < 1.29 is 9.47 Å². The molecule has 7 nitrogen and oxygen atoms in total. The van der Waals surface area contributed by atoms with Gasteiger partial charge in [0.1, 0.15) is 11.5 Å². The number of rotatable bonds is 8. The van der Waals surface area contributed by atoms with E-state index in [4.69, 9.17) is 14.5 Å². The van der Waals surface area contributed by atoms with Gasteiger partial charge in [0.25, 0.3) is 13.4 Å². The Morgan fingerprint density at radius 2 is 0.947 bits per heavy atom. The largest absolute Gasteiger partial charge is 0.440 e. The number of aromatic nitrogens is 3. The molecule has 75 heavy (non-hydrogen) atoms. The van der Waals surface area contributed by atoms with E-state index in [0.717, 1.165) is 106 Å². The van der Waals surface area contributed by atoms with Gasteiger partial charge in [0.15, 0.2) is 0 Å². The van der Waals surface area contributed by atoms with Crippen LogP contribution in [0.25, 0.3) is 55.0 Å². The number of benzene rings is 9. The predicted molar refractivity (Wildman–Crippen MR) is 312 cm³/mol. The molecule has 0 N–H and O–H groups in total. The molecule has 350 valence electrons. The van der Waals surface area contributed by atoms with Gasteiger partial charge >= 0.3 is 0 Å². The smallest absolute Gasteiger partial charge is 0.258 e. The number of pyridine rings is 1. The van der Waals surface area contributed by atoms with E-state index in [1.54, 1.807) is 6.08 Å². The molecule has 0 saturated carbocycles. The number of hydrogen-bond acceptors (Lipinski definition) is 5. The Balaban J connectivity index is 0.975. The lowest BCUT2D eigenvalue weighted by Crippen LogP contribution is -2.62. The van der Waals surface area contributed by atoms with Crippen molar-refractivity contribution in [1.29, 1.82) is 0 Å². The second-order valence-electron chi connectivity index (χ2n) is 19.8. The van der Waals surface area contributed by atoms with Crippen molar-refractivity contribution in [3.8, 4) is 34.6 Å². The molecule has 0 fully saturated rings. The zero-order valence-electron chi connectivity index (χ0n) is 40.9. The van der Waals surface area contributed by atoms with Crippen LogP contribution in [0.2, 0.25) is 0 Å². The number of ether oxygens (including phenoxy) is 2. The predicted octanol–water partition coefficient (Wildman–Crippen LogP) is 12.4. The summed E-state index contributed by atoms with van der Waals surface area (Å²) in [6.45, 7) is 5.72. The Morgan fingerprint density at radius 1 is 0.493 bits per heavy atom. The minimum absolute atomic E-state index is 0.188. The molecular formula is C66H43B2N5O2. The van der Waals surface area contributed by atoms with Crippen molar-refractivity contribution in [2.75, 3.05) is 9.80 Å². The molecule has 0 bridgehead atoms. The summed E-state index contributed by atoms with van der Waals surface area (Å²) in [6, 6.07) is 74.2. The van der Waals surface area contributed by atoms with Gasteiger partial charge in [0, 0.05) is 67.8 Å². The summed E-state index contributed by atoms with van der Waals surface area (Å²) in [4.78, 5) is 10.3. The zero-order chi connectivity index (χ0) is 49.5. The van der Waals surface area contributed by atoms with E-state index in [2.05, 4.69) is 245 Å². The van der Waals surface area contributed by atoms with Crippen molar-refractivity contribution in [3.63, 3.8) is 0 Å². The minimum Gasteiger partial charge on any atom is -0.440 e. The van der Waals surface area contributed by atoms with Crippen LogP contribution < -0.4 is 52.1 Å². The third-order valence-corrected chi connectivity index (χ3v) is 15.9. The number of para-hydroxylation sites is 7. The summed E-state index contributed by atoms with van der Waals surface area (Å²) in [7, 11) is 0. The van der Waals surface area contributed by atoms with Crippen LogP contribution in [-0.2, 0) is 0 Å². The zero-order valence-corrected chi connectivity index (χ0v) is 40.9. The summed E-state index contributed by atoms with van der Waals surface area (Å²) in [5.41, 5.74) is 19.8. The fourth-order valence-electron chi connectivity index (χ4n) is 13.0. The highest BCUT2D eigenvalue weighted by Crippen LogP contribution is 2.49. The fourth-order valence-corrected chi connectivity index (χ4v) is 13.0. The summed E-state index contributed by atoms with van der Waals surface area (Å²) >= 11 is 0. The maximum atomic E-state index is 7.37. The van der Waals surface area contributed by atoms with E-state index < -0.39 is 0 Å². The third kappa shape index (κ3) is 5.80. The highest BCUT2D eigenvalue weighted by molar-refractivity contribution is 7.02. The Bertz CT molecular complexity index is 4450. The maximum absolute atomic E-state index is 7.37. The van der Waals surface area contributed by atoms with Crippen LogP contribution in [0.1, 0.15) is 6.92 Å². The summed E-state index contributed by atoms with van der Waals surface area (Å²) in [6.07, 6.45) is 7.96. The van der Waals surface area contributed by atoms with Gasteiger partial charge in [-0.3, -0.25) is 0 Å². The first-order valence-corrected chi connectivity index (χ1v) is 25.6. The lowest BCUT2D eigenvalue weighted by Gasteiger charge is -2.37. The van der Waals surface area contributed by atoms with Crippen LogP contribution in [0.3, 0.4) is 0 Å². The number of anilines is 5. The molecule has 0 spiro atoms. The fraction of sp³-hybridized carbons (Fsp3) is 0.0152. The molecule has 0 radical (unpaired) electrons. The van der Waals surface area contributed by atoms with Crippen LogP contribution in [0.15, 0.2) is 243 Å². The Labute approximate surface area is 433 Å². The first-order chi connectivity index (χ1) is 37.1. The number of nitrogens with zero attached hydrogens (tertiary/aromatic N) is 5. The number of hydrogen-bond donors (Lipinski definition) is 0. The molecule has 0 amide bonds. The van der Waals surface area contributed by atoms with Gasteiger partial charge in [-0.1, -0.05) is 158 Å². The van der Waals surface area contributed by atoms with Gasteiger partial charge in [0.05, 0.1) is 33.4 Å². The van der Waals surface area contributed by atoms with Crippen LogP contribution in [0.5, 0.6) is 23.3 Å². The van der Waals surface area contributed by atoms with Crippen LogP contribution in [-0.4, -0.2) is 27.5 Å². The molecule has 0 saturated heterocycles. The molecule has 4 aliphatic rings. The molecule has 7 heterocycles. The monoisotopic (exact) mass is 959 g/mol. The molecule has 0 aliphatic carbocycles. The van der Waals surface area contributed by atoms with Crippen molar-refractivity contribution in [3.05, 3.63) is 243 Å². The van der Waals surface area contributed by atoms with E-state index >= 15 is 0 Å². The quantitative estimate of drug-likeness (QED) is 0.112. The summed E-state index contributed by atoms with van der Waals surface area (Å²) in [5, 5.41) is 4.69. The SMILES string of the molecule is C=C/C=C\C=C(/C)N(c1ccccc1)c1cc2c3c4c1c1ccccc1n4-c1ccccc1B3c1cc3c(nc1O2)Oc1cc(N(c2ccccc2)c2ccccc2)c2c4ccccc4n4c2c1B3c1ccccc1-4. The first-order valence-electron chi connectivity index (χ1n) is 25.6. The molecule has 4 aliphatic heterocycles. The van der Waals surface area contributed by atoms with Crippen LogP contribution in [0, 0.1) is 0 Å². The standard InChI is InChI=1S/C66H43B2N5O2/c1-3-4-8-23-41(2)70(42-24-9-5-10-25-42)55-39-57-61-63-59(55)45-30-15-19-34-51(45)72(63)53-36-21-17-32-47(53)67(61)49-38-50-66(69-65(49)74-57)75-58-40-56(71(43-26-11-6-12-27-43)44-28-13-7-14-29-44)60-46-31-16-20-35-52(46)73-54-37-22-18-33-48(54)68(50)62(58)64(60)73/h3-40H,1H2,2H3/b8-4-,41-23+. The Kier molecular flexibility index (Phi) is 8.87. The highest BCUT2D eigenvalue weighted by Gasteiger charge is 2.47. The second-order valence-corrected chi connectivity index (χ2v) is 19.8. The molecule has 12 aromatic rings. The van der Waals surface area contributed by atoms with E-state index in [9.17, 15) is 0 Å². The average Bonchev–Trinajstić information content (AvgIpc) is 4.18. The van der Waals surface area contributed by atoms with E-state index in [0.29, 0.717) is 11.8 Å². The Hall–Kier alpha value is -9.72. The van der Waals surface area contributed by atoms with Gasteiger partial charge in [0.2, 0.25) is 11.8 Å². The van der Waals surface area contributed by atoms with Crippen molar-refractivity contribution in [1.82, 2.24) is 14.1 Å². The van der Waals surface area contributed by atoms with E-state index in [-0.39, 0.29) is 13.4 Å². The van der Waals surface area contributed by atoms with E-state index in [1.807, 2.05) is 12.2 Å². The van der Waals surface area contributed by atoms with E-state index in [1.165, 1.54) is 27.1 Å². The Morgan fingerprint density at radius 3 is 1.48 bits per heavy atom. The van der Waals surface area contributed by atoms with Gasteiger partial charge in [-0.2, -0.15) is 4.98 Å². The lowest BCUT2D eigenvalue weighted by molar-refractivity contribution is 0.432. The van der Waals surface area contributed by atoms with Gasteiger partial charge < -0.3 is 28.4 Å². The molecule has 0 unspecified atom stereocenters. The highest BCUT2D eigenvalue weighted by atomic mass is 16.5. The number of fused-ring (bicyclic) bond motifs is 16. The molecule has 9 heteroatoms. The number of allylic oxidation sites excluding steroid dienone is 5. The molecule has 0 atom stereocenters. The average molecular weight is 960 g/mol. The summed E-state index contributed by atoms with van der Waals surface area (Å²) in [5.74, 6) is 2.63. The van der Waals surface area contributed by atoms with Crippen LogP contribution in [0.4, 0.5) is 28.4 Å². The minimum atomic E-state index is -0.192. The normalized spacial score (nSPS) is 13.4. The second kappa shape index (κ2) is 15.9. The van der Waals surface area contributed by atoms with Crippen molar-refractivity contribution in [2.45, 2.75) is 6.92 Å². The molecule has 16 rings (SSSR count). The topological polar surface area (TPSA) is 47.7 Å². The molecule has 3 aromatic heterocycles. The molecular weight excluding hydrogens is 916 g/mol. The summed E-state index contributed by atoms with van der Waals surface area (Å²) < 4.78 is 19.7. The first kappa shape index (κ1) is 41.9. The van der Waals surface area contributed by atoms with Crippen LogP contribution >= 0.6 is 0 Å². The van der Waals surface area contributed by atoms with Gasteiger partial charge in [-0.05, 0) is 106 Å². The van der Waals surface area contributed by atoms with Gasteiger partial charge in [-0.15, -0.1) is 0 Å². The van der Waals surface area contributed by atoms with Gasteiger partial charge in [-0.25, -0.2) is 0 Å². The van der Waals surface area contributed by atoms with Crippen molar-refractivity contribution in [2.24, 2.45) is 0 Å². The molecule has 9 aromatic carbocycles. The lowest BCUT2D eigenvalue weighted by atomic mass is 9.32.